The maximum Gasteiger partial charge on any atom is 0.299 e. The topological polar surface area (TPSA) is 54.5 Å². The number of thiophene rings is 1. The predicted octanol–water partition coefficient (Wildman–Crippen LogP) is 3.23. The van der Waals surface area contributed by atoms with E-state index in [1.54, 1.807) is 23.6 Å². The van der Waals surface area contributed by atoms with E-state index in [0.717, 1.165) is 5.56 Å². The molecule has 21 heavy (non-hydrogen) atoms. The van der Waals surface area contributed by atoms with E-state index in [-0.39, 0.29) is 12.3 Å². The fraction of sp³-hybridized carbons (Fsp3) is 0.133. The van der Waals surface area contributed by atoms with E-state index in [1.165, 1.54) is 16.2 Å². The number of fused-ring (bicyclic) bond motifs is 1. The fourth-order valence-electron chi connectivity index (χ4n) is 2.28. The summed E-state index contributed by atoms with van der Waals surface area (Å²) in [4.78, 5) is 38.2. The molecule has 3 rings (SSSR count). The van der Waals surface area contributed by atoms with Crippen LogP contribution in [0.2, 0.25) is 0 Å². The van der Waals surface area contributed by atoms with Gasteiger partial charge in [0, 0.05) is 4.47 Å². The second-order valence-corrected chi connectivity index (χ2v) is 6.53. The van der Waals surface area contributed by atoms with Gasteiger partial charge in [0.25, 0.3) is 11.7 Å². The number of nitrogens with zero attached hydrogens (tertiary/aromatic N) is 1. The second kappa shape index (κ2) is 5.20. The van der Waals surface area contributed by atoms with Crippen molar-refractivity contribution in [2.45, 2.75) is 6.92 Å². The lowest BCUT2D eigenvalue weighted by Gasteiger charge is -2.15. The van der Waals surface area contributed by atoms with Crippen LogP contribution in [0.25, 0.3) is 0 Å². The van der Waals surface area contributed by atoms with Gasteiger partial charge in [-0.3, -0.25) is 19.3 Å². The predicted molar refractivity (Wildman–Crippen MR) is 84.2 cm³/mol. The Labute approximate surface area is 133 Å². The smallest absolute Gasteiger partial charge is 0.297 e. The molecule has 2 aromatic rings. The number of amides is 1. The zero-order valence-corrected chi connectivity index (χ0v) is 13.5. The van der Waals surface area contributed by atoms with Crippen LogP contribution in [0.5, 0.6) is 0 Å². The molecule has 1 aromatic heterocycles. The lowest BCUT2D eigenvalue weighted by atomic mass is 10.1. The van der Waals surface area contributed by atoms with E-state index in [1.807, 2.05) is 13.0 Å². The van der Waals surface area contributed by atoms with Crippen molar-refractivity contribution in [2.24, 2.45) is 0 Å². The number of Topliss-reactive ketones (excluding diaryl/α,β-unsaturated/α-hetero) is 2. The van der Waals surface area contributed by atoms with E-state index in [2.05, 4.69) is 15.9 Å². The van der Waals surface area contributed by atoms with E-state index in [4.69, 9.17) is 0 Å². The van der Waals surface area contributed by atoms with Gasteiger partial charge in [0.05, 0.1) is 22.7 Å². The Balaban J connectivity index is 1.94. The molecule has 2 heterocycles. The first-order valence-corrected chi connectivity index (χ1v) is 7.89. The molecule has 0 aliphatic carbocycles. The molecule has 0 N–H and O–H groups in total. The third-order valence-electron chi connectivity index (χ3n) is 3.30. The first kappa shape index (κ1) is 14.2. The highest BCUT2D eigenvalue weighted by atomic mass is 79.9. The number of hydrogen-bond acceptors (Lipinski definition) is 4. The summed E-state index contributed by atoms with van der Waals surface area (Å²) < 4.78 is 0.708. The number of halogens is 1. The minimum atomic E-state index is -0.642. The number of benzene rings is 1. The number of rotatable bonds is 3. The van der Waals surface area contributed by atoms with Gasteiger partial charge in [-0.1, -0.05) is 11.6 Å². The number of carbonyl (C=O) groups excluding carboxylic acids is 3. The molecule has 1 amide bonds. The van der Waals surface area contributed by atoms with Crippen LogP contribution >= 0.6 is 27.3 Å². The van der Waals surface area contributed by atoms with Crippen LogP contribution in [-0.4, -0.2) is 24.0 Å². The van der Waals surface area contributed by atoms with E-state index in [9.17, 15) is 14.4 Å². The molecule has 0 atom stereocenters. The molecule has 1 aliphatic heterocycles. The van der Waals surface area contributed by atoms with Crippen LogP contribution in [0.4, 0.5) is 5.69 Å². The van der Waals surface area contributed by atoms with Crippen molar-refractivity contribution in [1.29, 1.82) is 0 Å². The molecule has 106 valence electrons. The number of anilines is 1. The van der Waals surface area contributed by atoms with Crippen LogP contribution in [0.15, 0.2) is 34.1 Å². The molecule has 0 fully saturated rings. The van der Waals surface area contributed by atoms with Crippen LogP contribution in [0.3, 0.4) is 0 Å². The third-order valence-corrected chi connectivity index (χ3v) is 5.18. The number of ketones is 2. The number of carbonyl (C=O) groups is 3. The molecule has 0 radical (unpaired) electrons. The second-order valence-electron chi connectivity index (χ2n) is 4.76. The van der Waals surface area contributed by atoms with Gasteiger partial charge in [-0.2, -0.15) is 0 Å². The average Bonchev–Trinajstić information content (AvgIpc) is 2.97. The molecule has 1 aliphatic rings. The van der Waals surface area contributed by atoms with Crippen molar-refractivity contribution < 1.29 is 14.4 Å². The standard InChI is InChI=1S/C15H10BrNO3S/c1-8-2-3-11-9(6-8)13(19)15(20)17(11)7-12(18)14-10(16)4-5-21-14/h2-6H,7H2,1H3. The van der Waals surface area contributed by atoms with Gasteiger partial charge < -0.3 is 0 Å². The SMILES string of the molecule is Cc1ccc2c(c1)C(=O)C(=O)N2CC(=O)c1sccc1Br. The molecule has 0 spiro atoms. The van der Waals surface area contributed by atoms with Crippen molar-refractivity contribution in [3.05, 3.63) is 50.1 Å². The minimum absolute atomic E-state index is 0.125. The molecule has 0 unspecified atom stereocenters. The van der Waals surface area contributed by atoms with Crippen LogP contribution in [0, 0.1) is 6.92 Å². The van der Waals surface area contributed by atoms with Gasteiger partial charge in [0.15, 0.2) is 5.78 Å². The van der Waals surface area contributed by atoms with Crippen molar-refractivity contribution in [3.8, 4) is 0 Å². The van der Waals surface area contributed by atoms with Crippen molar-refractivity contribution >= 4 is 50.4 Å². The van der Waals surface area contributed by atoms with Crippen molar-refractivity contribution in [3.63, 3.8) is 0 Å². The highest BCUT2D eigenvalue weighted by Gasteiger charge is 2.37. The Bertz CT molecular complexity index is 781. The molecular weight excluding hydrogens is 354 g/mol. The average molecular weight is 364 g/mol. The maximum atomic E-state index is 12.3. The summed E-state index contributed by atoms with van der Waals surface area (Å²) in [5.74, 6) is -1.38. The summed E-state index contributed by atoms with van der Waals surface area (Å²) in [6.45, 7) is 1.73. The summed E-state index contributed by atoms with van der Waals surface area (Å²) in [6, 6.07) is 7.00. The number of aryl methyl sites for hydroxylation is 1. The van der Waals surface area contributed by atoms with Crippen molar-refractivity contribution in [2.75, 3.05) is 11.4 Å². The molecule has 0 saturated heterocycles. The Kier molecular flexibility index (Phi) is 3.51. The Hall–Kier alpha value is -1.79. The van der Waals surface area contributed by atoms with Gasteiger partial charge >= 0.3 is 0 Å². The van der Waals surface area contributed by atoms with Crippen molar-refractivity contribution in [1.82, 2.24) is 0 Å². The van der Waals surface area contributed by atoms with Gasteiger partial charge in [-0.15, -0.1) is 11.3 Å². The van der Waals surface area contributed by atoms with Gasteiger partial charge in [-0.05, 0) is 46.4 Å². The van der Waals surface area contributed by atoms with E-state index < -0.39 is 11.7 Å². The zero-order valence-electron chi connectivity index (χ0n) is 11.1. The highest BCUT2D eigenvalue weighted by molar-refractivity contribution is 9.10. The largest absolute Gasteiger partial charge is 0.299 e. The molecule has 0 bridgehead atoms. The van der Waals surface area contributed by atoms with Gasteiger partial charge in [-0.25, -0.2) is 0 Å². The third kappa shape index (κ3) is 2.34. The van der Waals surface area contributed by atoms with Crippen LogP contribution < -0.4 is 4.90 Å². The Morgan fingerprint density at radius 1 is 1.29 bits per heavy atom. The number of hydrogen-bond donors (Lipinski definition) is 0. The molecular formula is C15H10BrNO3S. The van der Waals surface area contributed by atoms with Crippen LogP contribution in [0.1, 0.15) is 25.6 Å². The van der Waals surface area contributed by atoms with E-state index >= 15 is 0 Å². The fourth-order valence-corrected chi connectivity index (χ4v) is 3.80. The molecule has 4 nitrogen and oxygen atoms in total. The first-order valence-electron chi connectivity index (χ1n) is 6.22. The zero-order chi connectivity index (χ0) is 15.1. The van der Waals surface area contributed by atoms with Gasteiger partial charge in [0.2, 0.25) is 0 Å². The normalized spacial score (nSPS) is 13.7. The van der Waals surface area contributed by atoms with Gasteiger partial charge in [0.1, 0.15) is 0 Å². The summed E-state index contributed by atoms with van der Waals surface area (Å²) in [5, 5.41) is 1.80. The summed E-state index contributed by atoms with van der Waals surface area (Å²) in [6.07, 6.45) is 0. The summed E-state index contributed by atoms with van der Waals surface area (Å²) >= 11 is 4.61. The Morgan fingerprint density at radius 3 is 2.71 bits per heavy atom. The van der Waals surface area contributed by atoms with Crippen LogP contribution in [-0.2, 0) is 4.79 Å². The monoisotopic (exact) mass is 363 g/mol. The van der Waals surface area contributed by atoms with E-state index in [0.29, 0.717) is 20.6 Å². The lowest BCUT2D eigenvalue weighted by Crippen LogP contribution is -2.34. The summed E-state index contributed by atoms with van der Waals surface area (Å²) in [5.41, 5.74) is 1.79. The lowest BCUT2D eigenvalue weighted by molar-refractivity contribution is -0.114. The molecule has 6 heteroatoms. The maximum absolute atomic E-state index is 12.3. The molecule has 1 aromatic carbocycles. The Morgan fingerprint density at radius 2 is 2.05 bits per heavy atom. The molecule has 0 saturated carbocycles. The minimum Gasteiger partial charge on any atom is -0.297 e. The summed E-state index contributed by atoms with van der Waals surface area (Å²) in [7, 11) is 0. The quantitative estimate of drug-likeness (QED) is 0.621. The first-order chi connectivity index (χ1) is 9.99. The highest BCUT2D eigenvalue weighted by Crippen LogP contribution is 2.31.